The number of ether oxygens (including phenoxy) is 2. The van der Waals surface area contributed by atoms with Crippen LogP contribution in [0.15, 0.2) is 61.4 Å². The molecule has 0 spiro atoms. The van der Waals surface area contributed by atoms with Crippen LogP contribution in [0.1, 0.15) is 78.4 Å². The van der Waals surface area contributed by atoms with Crippen molar-refractivity contribution in [2.24, 2.45) is 0 Å². The smallest absolute Gasteiger partial charge is 0.419 e. The molecule has 0 bridgehead atoms. The van der Waals surface area contributed by atoms with Crippen LogP contribution in [0.5, 0.6) is 0 Å². The van der Waals surface area contributed by atoms with Crippen LogP contribution in [-0.4, -0.2) is 116 Å². The van der Waals surface area contributed by atoms with Crippen LogP contribution in [-0.2, 0) is 21.8 Å². The molecule has 358 valence electrons. The number of amides is 2. The van der Waals surface area contributed by atoms with E-state index < -0.39 is 46.9 Å². The number of hydrogen-bond acceptors (Lipinski definition) is 13. The first-order chi connectivity index (χ1) is 31.4. The zero-order valence-corrected chi connectivity index (χ0v) is 37.5. The Hall–Kier alpha value is -6.94. The Balaban J connectivity index is 0.000000199. The molecule has 4 N–H and O–H groups in total. The molecule has 0 aromatic carbocycles. The summed E-state index contributed by atoms with van der Waals surface area (Å²) in [7, 11) is 0. The average molecular weight is 941 g/mol. The molecular formula is C44H50F6N12O5. The fraction of sp³-hybridized carbons (Fsp3) is 0.455. The number of halogens is 6. The van der Waals surface area contributed by atoms with Gasteiger partial charge < -0.3 is 40.1 Å². The molecule has 0 saturated carbocycles. The number of H-pyrrole nitrogens is 1. The van der Waals surface area contributed by atoms with Gasteiger partial charge in [-0.2, -0.15) is 31.1 Å². The second-order valence-electron chi connectivity index (χ2n) is 18.1. The Morgan fingerprint density at radius 1 is 0.701 bits per heavy atom. The van der Waals surface area contributed by atoms with E-state index in [1.54, 1.807) is 75.7 Å². The first-order valence-corrected chi connectivity index (χ1v) is 21.4. The lowest BCUT2D eigenvalue weighted by atomic mass is 10.0. The molecule has 2 atom stereocenters. The number of likely N-dealkylation sites (tertiary alicyclic amines) is 2. The SMILES string of the molecule is CC(C)(C)OC(=O)N1CCC[C@H](Nc2ncc(C(F)(F)F)c(-c3c[nH]c4ncccc34)n2)C1.CC(C)(C)OC(=O)N1CCC[C@H](Nc2ncc(C(F)(F)F)c(-c3cnc4n(O)cccc3-4)n2)C1. The van der Waals surface area contributed by atoms with Crippen LogP contribution in [0.3, 0.4) is 0 Å². The Bertz CT molecular complexity index is 2670. The maximum atomic E-state index is 13.8. The lowest BCUT2D eigenvalue weighted by Gasteiger charge is -2.34. The van der Waals surface area contributed by atoms with E-state index in [9.17, 15) is 41.1 Å². The van der Waals surface area contributed by atoms with Crippen LogP contribution >= 0.6 is 0 Å². The van der Waals surface area contributed by atoms with Gasteiger partial charge in [0.25, 0.3) is 0 Å². The maximum Gasteiger partial charge on any atom is 0.419 e. The highest BCUT2D eigenvalue weighted by atomic mass is 19.4. The molecule has 2 fully saturated rings. The van der Waals surface area contributed by atoms with Crippen molar-refractivity contribution in [1.82, 2.24) is 49.4 Å². The fourth-order valence-corrected chi connectivity index (χ4v) is 7.63. The van der Waals surface area contributed by atoms with E-state index in [1.165, 1.54) is 24.7 Å². The topological polar surface area (TPSA) is 201 Å². The summed E-state index contributed by atoms with van der Waals surface area (Å²) in [5.74, 6) is 0.174. The number of aromatic nitrogens is 8. The summed E-state index contributed by atoms with van der Waals surface area (Å²) >= 11 is 0. The third kappa shape index (κ3) is 11.7. The monoisotopic (exact) mass is 940 g/mol. The summed E-state index contributed by atoms with van der Waals surface area (Å²) in [4.78, 5) is 55.2. The second-order valence-corrected chi connectivity index (χ2v) is 18.1. The predicted octanol–water partition coefficient (Wildman–Crippen LogP) is 9.36. The summed E-state index contributed by atoms with van der Waals surface area (Å²) < 4.78 is 94.0. The number of aromatic amines is 1. The quantitative estimate of drug-likeness (QED) is 0.0910. The molecule has 8 rings (SSSR count). The molecule has 0 unspecified atom stereocenters. The number of rotatable bonds is 6. The molecule has 23 heteroatoms. The number of alkyl halides is 6. The molecule has 4 aliphatic heterocycles. The van der Waals surface area contributed by atoms with Gasteiger partial charge in [-0.3, -0.25) is 0 Å². The molecule has 4 aliphatic rings. The third-order valence-electron chi connectivity index (χ3n) is 10.5. The Labute approximate surface area is 380 Å². The molecular weight excluding hydrogens is 891 g/mol. The van der Waals surface area contributed by atoms with Crippen molar-refractivity contribution in [3.8, 4) is 33.9 Å². The molecule has 4 aromatic heterocycles. The number of pyridine rings is 2. The van der Waals surface area contributed by atoms with Gasteiger partial charge >= 0.3 is 24.5 Å². The summed E-state index contributed by atoms with van der Waals surface area (Å²) in [6, 6.07) is 5.90. The van der Waals surface area contributed by atoms with Crippen LogP contribution < -0.4 is 10.6 Å². The van der Waals surface area contributed by atoms with Crippen molar-refractivity contribution >= 4 is 35.1 Å². The molecule has 0 radical (unpaired) electrons. The normalized spacial score (nSPS) is 17.2. The number of anilines is 2. The number of piperidine rings is 2. The van der Waals surface area contributed by atoms with Gasteiger partial charge in [-0.05, 0) is 91.5 Å². The fourth-order valence-electron chi connectivity index (χ4n) is 7.63. The zero-order chi connectivity index (χ0) is 48.5. The van der Waals surface area contributed by atoms with Gasteiger partial charge in [0.2, 0.25) is 11.9 Å². The van der Waals surface area contributed by atoms with Crippen molar-refractivity contribution < 1.29 is 50.6 Å². The molecule has 2 amide bonds. The van der Waals surface area contributed by atoms with Crippen LogP contribution in [0.4, 0.5) is 47.8 Å². The largest absolute Gasteiger partial charge is 0.444 e. The lowest BCUT2D eigenvalue weighted by Crippen LogP contribution is -2.47. The number of carbonyl (C=O) groups excluding carboxylic acids is 2. The van der Waals surface area contributed by atoms with Gasteiger partial charge in [0, 0.05) is 97.5 Å². The van der Waals surface area contributed by atoms with E-state index in [2.05, 4.69) is 45.5 Å². The third-order valence-corrected chi connectivity index (χ3v) is 10.5. The van der Waals surface area contributed by atoms with E-state index in [-0.39, 0.29) is 52.3 Å². The molecule has 67 heavy (non-hydrogen) atoms. The Morgan fingerprint density at radius 3 is 1.73 bits per heavy atom. The van der Waals surface area contributed by atoms with Crippen LogP contribution in [0, 0.1) is 0 Å². The van der Waals surface area contributed by atoms with E-state index in [4.69, 9.17) is 9.47 Å². The summed E-state index contributed by atoms with van der Waals surface area (Å²) in [6.45, 7) is 12.4. The van der Waals surface area contributed by atoms with Gasteiger partial charge in [-0.25, -0.2) is 39.5 Å². The second kappa shape index (κ2) is 18.7. The van der Waals surface area contributed by atoms with E-state index in [0.29, 0.717) is 55.6 Å². The highest BCUT2D eigenvalue weighted by Crippen LogP contribution is 2.41. The van der Waals surface area contributed by atoms with Crippen LogP contribution in [0.2, 0.25) is 0 Å². The van der Waals surface area contributed by atoms with Gasteiger partial charge in [-0.1, -0.05) is 0 Å². The standard InChI is InChI=1S/C22H25F3N6O3.C22H25F3N6O2/c1-21(2,3)34-20(32)30-8-4-6-13(12-30)28-19-27-11-16(22(23,24)25)17(29-19)15-10-26-18-14(15)7-5-9-31(18)33;1-21(2,3)33-20(32)31-9-5-6-13(12-31)29-19-28-11-16(22(23,24)25)17(30-19)15-10-27-18-14(15)7-4-8-26-18/h5,7,9-11,13,33H,4,6,8,12H2,1-3H3,(H,27,28,29);4,7-8,10-11,13H,5-6,9,12H2,1-3H3,(H,26,27)(H,28,29,30)/t2*13-/m00/s1. The minimum atomic E-state index is -4.69. The molecule has 0 aliphatic carbocycles. The number of hydrogen-bond donors (Lipinski definition) is 4. The van der Waals surface area contributed by atoms with Gasteiger partial charge in [0.1, 0.15) is 28.0 Å². The number of carbonyl (C=O) groups is 2. The molecule has 17 nitrogen and oxygen atoms in total. The van der Waals surface area contributed by atoms with Crippen LogP contribution in [0.25, 0.3) is 44.9 Å². The highest BCUT2D eigenvalue weighted by Gasteiger charge is 2.39. The van der Waals surface area contributed by atoms with E-state index in [1.807, 2.05) is 0 Å². The zero-order valence-electron chi connectivity index (χ0n) is 37.5. The Kier molecular flexibility index (Phi) is 13.4. The summed E-state index contributed by atoms with van der Waals surface area (Å²) in [5, 5.41) is 16.6. The van der Waals surface area contributed by atoms with Gasteiger partial charge in [0.15, 0.2) is 5.82 Å². The minimum Gasteiger partial charge on any atom is -0.444 e. The van der Waals surface area contributed by atoms with E-state index >= 15 is 0 Å². The predicted molar refractivity (Wildman–Crippen MR) is 233 cm³/mol. The van der Waals surface area contributed by atoms with Crippen molar-refractivity contribution in [2.75, 3.05) is 36.8 Å². The van der Waals surface area contributed by atoms with Crippen molar-refractivity contribution in [3.05, 3.63) is 72.6 Å². The molecule has 4 aromatic rings. The summed E-state index contributed by atoms with van der Waals surface area (Å²) in [6.07, 6.45) is -0.269. The van der Waals surface area contributed by atoms with Gasteiger partial charge in [-0.15, -0.1) is 0 Å². The van der Waals surface area contributed by atoms with Crippen molar-refractivity contribution in [2.45, 2.75) is 103 Å². The minimum absolute atomic E-state index is 0.00111. The maximum absolute atomic E-state index is 13.8. The number of nitrogens with zero attached hydrogens (tertiary/aromatic N) is 9. The average Bonchev–Trinajstić information content (AvgIpc) is 3.88. The first-order valence-electron chi connectivity index (χ1n) is 21.4. The summed E-state index contributed by atoms with van der Waals surface area (Å²) in [5.41, 5.74) is -2.59. The lowest BCUT2D eigenvalue weighted by molar-refractivity contribution is -0.138. The molecule has 2 saturated heterocycles. The molecule has 8 heterocycles. The number of nitrogens with one attached hydrogen (secondary N) is 3. The Morgan fingerprint density at radius 2 is 1.22 bits per heavy atom. The highest BCUT2D eigenvalue weighted by molar-refractivity contribution is 5.93. The van der Waals surface area contributed by atoms with Gasteiger partial charge in [0.05, 0.1) is 11.4 Å². The number of fused-ring (bicyclic) bond motifs is 2. The first kappa shape index (κ1) is 48.0. The van der Waals surface area contributed by atoms with Crippen molar-refractivity contribution in [1.29, 1.82) is 0 Å². The van der Waals surface area contributed by atoms with E-state index in [0.717, 1.165) is 30.0 Å². The van der Waals surface area contributed by atoms with Crippen molar-refractivity contribution in [3.63, 3.8) is 0 Å².